The SMILES string of the molecule is CC1(C)C([Si])=C1[Si]. The molecule has 0 bridgehead atoms. The van der Waals surface area contributed by atoms with Crippen LogP contribution in [0.1, 0.15) is 13.8 Å². The lowest BCUT2D eigenvalue weighted by Crippen LogP contribution is -1.91. The maximum atomic E-state index is 3.45. The van der Waals surface area contributed by atoms with Crippen molar-refractivity contribution < 1.29 is 0 Å². The number of rotatable bonds is 0. The molecule has 1 rings (SSSR count). The predicted octanol–water partition coefficient (Wildman–Crippen LogP) is 0.575. The summed E-state index contributed by atoms with van der Waals surface area (Å²) >= 11 is 0. The van der Waals surface area contributed by atoms with Crippen LogP contribution in [0.4, 0.5) is 0 Å². The zero-order valence-corrected chi connectivity index (χ0v) is 6.50. The van der Waals surface area contributed by atoms with Gasteiger partial charge in [0.05, 0.1) is 20.5 Å². The number of hydrogen-bond acceptors (Lipinski definition) is 0. The molecule has 7 heavy (non-hydrogen) atoms. The fourth-order valence-corrected chi connectivity index (χ4v) is 1.34. The molecular weight excluding hydrogens is 116 g/mol. The van der Waals surface area contributed by atoms with E-state index < -0.39 is 0 Å². The zero-order valence-electron chi connectivity index (χ0n) is 4.50. The third kappa shape index (κ3) is 0.535. The van der Waals surface area contributed by atoms with Gasteiger partial charge in [-0.2, -0.15) is 0 Å². The zero-order chi connectivity index (χ0) is 5.65. The molecule has 1 aliphatic rings. The second kappa shape index (κ2) is 1.12. The molecule has 0 spiro atoms. The first-order chi connectivity index (χ1) is 3.07. The van der Waals surface area contributed by atoms with Gasteiger partial charge in [0, 0.05) is 0 Å². The lowest BCUT2D eigenvalue weighted by Gasteiger charge is -1.98. The van der Waals surface area contributed by atoms with E-state index in [9.17, 15) is 0 Å². The van der Waals surface area contributed by atoms with Crippen molar-refractivity contribution in [1.29, 1.82) is 0 Å². The molecule has 0 aromatic carbocycles. The van der Waals surface area contributed by atoms with Crippen molar-refractivity contribution in [3.8, 4) is 0 Å². The standard InChI is InChI=1S/C5H6Si2/c1-5(2)3(6)4(5)7/h1-2H3. The molecule has 0 aromatic heterocycles. The summed E-state index contributed by atoms with van der Waals surface area (Å²) in [7, 11) is 6.89. The third-order valence-electron chi connectivity index (χ3n) is 1.44. The average molecular weight is 122 g/mol. The summed E-state index contributed by atoms with van der Waals surface area (Å²) in [5, 5.41) is 2.59. The van der Waals surface area contributed by atoms with Gasteiger partial charge in [-0.15, -0.1) is 0 Å². The van der Waals surface area contributed by atoms with Crippen molar-refractivity contribution in [3.05, 3.63) is 10.4 Å². The van der Waals surface area contributed by atoms with E-state index in [1.165, 1.54) is 10.4 Å². The molecule has 0 N–H and O–H groups in total. The molecule has 0 fully saturated rings. The van der Waals surface area contributed by atoms with Crippen molar-refractivity contribution in [2.45, 2.75) is 13.8 Å². The summed E-state index contributed by atoms with van der Waals surface area (Å²) < 4.78 is 0. The average Bonchev–Trinajstić information content (AvgIpc) is 1.91. The Hall–Kier alpha value is 0.174. The molecule has 0 atom stereocenters. The lowest BCUT2D eigenvalue weighted by molar-refractivity contribution is 0.713. The molecule has 0 amide bonds. The Kier molecular flexibility index (Phi) is 0.846. The van der Waals surface area contributed by atoms with E-state index in [-0.39, 0.29) is 0 Å². The Morgan fingerprint density at radius 2 is 1.29 bits per heavy atom. The van der Waals surface area contributed by atoms with E-state index in [0.717, 1.165) is 0 Å². The normalized spacial score (nSPS) is 25.7. The highest BCUT2D eigenvalue weighted by atomic mass is 28.2. The van der Waals surface area contributed by atoms with Gasteiger partial charge in [0.15, 0.2) is 0 Å². The second-order valence-corrected chi connectivity index (χ2v) is 3.38. The Labute approximate surface area is 50.8 Å². The lowest BCUT2D eigenvalue weighted by atomic mass is 10.1. The molecule has 2 heteroatoms. The molecule has 1 aliphatic carbocycles. The van der Waals surface area contributed by atoms with Crippen LogP contribution >= 0.6 is 0 Å². The van der Waals surface area contributed by atoms with Gasteiger partial charge in [-0.3, -0.25) is 0 Å². The minimum absolute atomic E-state index is 0.327. The molecule has 0 unspecified atom stereocenters. The van der Waals surface area contributed by atoms with E-state index in [0.29, 0.717) is 5.41 Å². The fraction of sp³-hybridized carbons (Fsp3) is 0.600. The number of hydrogen-bond donors (Lipinski definition) is 0. The highest BCUT2D eigenvalue weighted by Crippen LogP contribution is 2.47. The molecular formula is C5H6Si2. The minimum atomic E-state index is 0.327. The largest absolute Gasteiger partial charge is 0.0839 e. The Balaban J connectivity index is 2.69. The van der Waals surface area contributed by atoms with E-state index in [1.54, 1.807) is 0 Å². The summed E-state index contributed by atoms with van der Waals surface area (Å²) in [5.74, 6) is 0. The van der Waals surface area contributed by atoms with Gasteiger partial charge in [0.25, 0.3) is 0 Å². The van der Waals surface area contributed by atoms with Crippen LogP contribution in [0.2, 0.25) is 0 Å². The Morgan fingerprint density at radius 3 is 1.29 bits per heavy atom. The highest BCUT2D eigenvalue weighted by molar-refractivity contribution is 6.39. The predicted molar refractivity (Wildman–Crippen MR) is 32.3 cm³/mol. The van der Waals surface area contributed by atoms with Crippen LogP contribution in [0.3, 0.4) is 0 Å². The van der Waals surface area contributed by atoms with Gasteiger partial charge in [-0.05, 0) is 5.41 Å². The van der Waals surface area contributed by atoms with E-state index in [4.69, 9.17) is 0 Å². The van der Waals surface area contributed by atoms with Crippen LogP contribution in [0.15, 0.2) is 10.4 Å². The third-order valence-corrected chi connectivity index (χ3v) is 3.44. The molecule has 0 aromatic rings. The summed E-state index contributed by atoms with van der Waals surface area (Å²) in [5.41, 5.74) is 0.327. The summed E-state index contributed by atoms with van der Waals surface area (Å²) in [4.78, 5) is 0. The maximum Gasteiger partial charge on any atom is 0.0656 e. The van der Waals surface area contributed by atoms with Crippen LogP contribution in [0.25, 0.3) is 0 Å². The highest BCUT2D eigenvalue weighted by Gasteiger charge is 2.36. The van der Waals surface area contributed by atoms with Crippen LogP contribution < -0.4 is 0 Å². The van der Waals surface area contributed by atoms with Crippen molar-refractivity contribution >= 4 is 20.5 Å². The fourth-order valence-electron chi connectivity index (χ4n) is 0.469. The van der Waals surface area contributed by atoms with Gasteiger partial charge in [0.1, 0.15) is 0 Å². The minimum Gasteiger partial charge on any atom is -0.0839 e. The van der Waals surface area contributed by atoms with Crippen LogP contribution in [-0.4, -0.2) is 20.5 Å². The molecule has 0 aliphatic heterocycles. The van der Waals surface area contributed by atoms with Crippen molar-refractivity contribution in [3.63, 3.8) is 0 Å². The van der Waals surface area contributed by atoms with Gasteiger partial charge in [-0.25, -0.2) is 0 Å². The van der Waals surface area contributed by atoms with E-state index in [2.05, 4.69) is 34.3 Å². The number of allylic oxidation sites excluding steroid dienone is 2. The van der Waals surface area contributed by atoms with Gasteiger partial charge in [-0.1, -0.05) is 24.2 Å². The molecule has 0 saturated carbocycles. The van der Waals surface area contributed by atoms with Crippen LogP contribution in [0.5, 0.6) is 0 Å². The quantitative estimate of drug-likeness (QED) is 0.412. The van der Waals surface area contributed by atoms with Crippen LogP contribution in [-0.2, 0) is 0 Å². The first-order valence-corrected chi connectivity index (χ1v) is 3.25. The maximum absolute atomic E-state index is 3.45. The monoisotopic (exact) mass is 122 g/mol. The first-order valence-electron chi connectivity index (χ1n) is 2.25. The van der Waals surface area contributed by atoms with Crippen molar-refractivity contribution in [2.24, 2.45) is 5.41 Å². The van der Waals surface area contributed by atoms with E-state index >= 15 is 0 Å². The topological polar surface area (TPSA) is 0 Å². The molecule has 0 saturated heterocycles. The summed E-state index contributed by atoms with van der Waals surface area (Å²) in [6.07, 6.45) is 0. The second-order valence-electron chi connectivity index (χ2n) is 2.38. The van der Waals surface area contributed by atoms with Crippen LogP contribution in [0, 0.1) is 5.41 Å². The molecule has 34 valence electrons. The van der Waals surface area contributed by atoms with Gasteiger partial charge < -0.3 is 0 Å². The van der Waals surface area contributed by atoms with Gasteiger partial charge in [0.2, 0.25) is 0 Å². The molecule has 0 nitrogen and oxygen atoms in total. The van der Waals surface area contributed by atoms with Crippen molar-refractivity contribution in [2.75, 3.05) is 0 Å². The van der Waals surface area contributed by atoms with Crippen molar-refractivity contribution in [1.82, 2.24) is 0 Å². The Morgan fingerprint density at radius 1 is 1.14 bits per heavy atom. The molecule has 6 radical (unpaired) electrons. The first kappa shape index (κ1) is 5.31. The van der Waals surface area contributed by atoms with E-state index in [1.807, 2.05) is 0 Å². The Bertz CT molecular complexity index is 119. The summed E-state index contributed by atoms with van der Waals surface area (Å²) in [6.45, 7) is 4.33. The molecule has 0 heterocycles. The summed E-state index contributed by atoms with van der Waals surface area (Å²) in [6, 6.07) is 0. The smallest absolute Gasteiger partial charge is 0.0656 e. The van der Waals surface area contributed by atoms with Gasteiger partial charge >= 0.3 is 0 Å².